The summed E-state index contributed by atoms with van der Waals surface area (Å²) >= 11 is 0. The molecule has 0 fully saturated rings. The zero-order valence-corrected chi connectivity index (χ0v) is 12.6. The van der Waals surface area contributed by atoms with Gasteiger partial charge in [0, 0.05) is 11.5 Å². The van der Waals surface area contributed by atoms with E-state index in [-0.39, 0.29) is 12.0 Å². The van der Waals surface area contributed by atoms with Crippen LogP contribution in [0.3, 0.4) is 0 Å². The van der Waals surface area contributed by atoms with Gasteiger partial charge < -0.3 is 0 Å². The maximum absolute atomic E-state index is 9.18. The summed E-state index contributed by atoms with van der Waals surface area (Å²) in [5.74, 6) is 4.20. The molecule has 0 aromatic heterocycles. The van der Waals surface area contributed by atoms with Crippen molar-refractivity contribution in [3.05, 3.63) is 29.4 Å². The van der Waals surface area contributed by atoms with Gasteiger partial charge in [-0.1, -0.05) is 40.7 Å². The molecule has 0 heterocycles. The van der Waals surface area contributed by atoms with Gasteiger partial charge in [0.15, 0.2) is 0 Å². The smallest absolute Gasteiger partial charge is 0.0988 e. The molecule has 0 radical (unpaired) electrons. The molecule has 0 bridgehead atoms. The van der Waals surface area contributed by atoms with E-state index in [2.05, 4.69) is 57.6 Å². The summed E-state index contributed by atoms with van der Waals surface area (Å²) in [5.41, 5.74) is 2.02. The van der Waals surface area contributed by atoms with E-state index in [9.17, 15) is 5.26 Å². The predicted octanol–water partition coefficient (Wildman–Crippen LogP) is 4.31. The van der Waals surface area contributed by atoms with Crippen molar-refractivity contribution in [2.75, 3.05) is 0 Å². The van der Waals surface area contributed by atoms with Gasteiger partial charge in [-0.25, -0.2) is 4.99 Å². The second-order valence-corrected chi connectivity index (χ2v) is 5.67. The second kappa shape index (κ2) is 7.12. The molecule has 19 heavy (non-hydrogen) atoms. The van der Waals surface area contributed by atoms with Crippen LogP contribution in [0.15, 0.2) is 34.4 Å². The van der Waals surface area contributed by atoms with Crippen molar-refractivity contribution in [3.8, 4) is 6.07 Å². The van der Waals surface area contributed by atoms with Gasteiger partial charge in [-0.15, -0.1) is 0 Å². The zero-order chi connectivity index (χ0) is 14.4. The molecule has 0 saturated heterocycles. The minimum absolute atomic E-state index is 0.125. The van der Waals surface area contributed by atoms with Crippen molar-refractivity contribution >= 4 is 5.87 Å². The van der Waals surface area contributed by atoms with E-state index in [1.165, 1.54) is 5.57 Å². The standard InChI is InChI=1S/C17H24N2/c1-6-7-8-19-17-15(12(2)3)9-14(11-18)10-16(17)13(4)5/h7,9-10,12-13,15,17H,6H2,1-5H3. The van der Waals surface area contributed by atoms with Crippen LogP contribution in [-0.2, 0) is 0 Å². The summed E-state index contributed by atoms with van der Waals surface area (Å²) in [7, 11) is 0. The molecule has 0 aromatic carbocycles. The van der Waals surface area contributed by atoms with E-state index in [0.717, 1.165) is 12.0 Å². The van der Waals surface area contributed by atoms with E-state index in [1.54, 1.807) is 0 Å². The zero-order valence-electron chi connectivity index (χ0n) is 12.6. The molecule has 0 amide bonds. The summed E-state index contributed by atoms with van der Waals surface area (Å²) in [6.45, 7) is 10.8. The second-order valence-electron chi connectivity index (χ2n) is 5.67. The highest BCUT2D eigenvalue weighted by atomic mass is 14.8. The van der Waals surface area contributed by atoms with Gasteiger partial charge in [-0.3, -0.25) is 0 Å². The van der Waals surface area contributed by atoms with E-state index < -0.39 is 0 Å². The third-order valence-corrected chi connectivity index (χ3v) is 3.47. The van der Waals surface area contributed by atoms with Gasteiger partial charge >= 0.3 is 0 Å². The molecule has 0 N–H and O–H groups in total. The Balaban J connectivity index is 3.22. The van der Waals surface area contributed by atoms with Crippen LogP contribution in [-0.4, -0.2) is 11.9 Å². The van der Waals surface area contributed by atoms with Crippen LogP contribution in [0.1, 0.15) is 41.0 Å². The quantitative estimate of drug-likeness (QED) is 0.690. The molecule has 2 heteroatoms. The first-order valence-corrected chi connectivity index (χ1v) is 7.11. The maximum atomic E-state index is 9.18. The van der Waals surface area contributed by atoms with Gasteiger partial charge in [0.05, 0.1) is 12.1 Å². The highest BCUT2D eigenvalue weighted by Crippen LogP contribution is 2.34. The number of allylic oxidation sites excluding steroid dienone is 3. The predicted molar refractivity (Wildman–Crippen MR) is 81.0 cm³/mol. The van der Waals surface area contributed by atoms with Gasteiger partial charge in [-0.05, 0) is 41.9 Å². The summed E-state index contributed by atoms with van der Waals surface area (Å²) < 4.78 is 0. The molecule has 2 nitrogen and oxygen atoms in total. The lowest BCUT2D eigenvalue weighted by Gasteiger charge is -2.31. The lowest BCUT2D eigenvalue weighted by molar-refractivity contribution is 0.397. The molecule has 102 valence electrons. The van der Waals surface area contributed by atoms with Crippen molar-refractivity contribution in [2.24, 2.45) is 22.7 Å². The van der Waals surface area contributed by atoms with Crippen LogP contribution in [0.4, 0.5) is 0 Å². The van der Waals surface area contributed by atoms with Gasteiger partial charge in [0.2, 0.25) is 0 Å². The van der Waals surface area contributed by atoms with Crippen LogP contribution in [0.25, 0.3) is 0 Å². The van der Waals surface area contributed by atoms with E-state index in [0.29, 0.717) is 11.8 Å². The maximum Gasteiger partial charge on any atom is 0.0988 e. The topological polar surface area (TPSA) is 36.1 Å². The van der Waals surface area contributed by atoms with Crippen molar-refractivity contribution in [1.82, 2.24) is 0 Å². The summed E-state index contributed by atoms with van der Waals surface area (Å²) in [6, 6.07) is 2.40. The molecule has 1 aliphatic carbocycles. The molecule has 1 rings (SSSR count). The molecular formula is C17H24N2. The number of nitrogens with zero attached hydrogens (tertiary/aromatic N) is 2. The highest BCUT2D eigenvalue weighted by Gasteiger charge is 2.30. The Bertz CT molecular complexity index is 466. The Morgan fingerprint density at radius 2 is 2.05 bits per heavy atom. The number of aliphatic imine (C=N–C) groups is 1. The number of hydrogen-bond donors (Lipinski definition) is 0. The third kappa shape index (κ3) is 3.94. The molecule has 0 saturated carbocycles. The first-order chi connectivity index (χ1) is 9.01. The Morgan fingerprint density at radius 1 is 1.37 bits per heavy atom. The Morgan fingerprint density at radius 3 is 2.53 bits per heavy atom. The van der Waals surface area contributed by atoms with E-state index in [4.69, 9.17) is 0 Å². The van der Waals surface area contributed by atoms with Crippen molar-refractivity contribution in [3.63, 3.8) is 0 Å². The summed E-state index contributed by atoms with van der Waals surface area (Å²) in [5, 5.41) is 9.18. The molecule has 0 aliphatic heterocycles. The average Bonchev–Trinajstić information content (AvgIpc) is 2.38. The van der Waals surface area contributed by atoms with Gasteiger partial charge in [-0.2, -0.15) is 5.26 Å². The fourth-order valence-corrected chi connectivity index (χ4v) is 2.35. The minimum Gasteiger partial charge on any atom is -0.235 e. The summed E-state index contributed by atoms with van der Waals surface area (Å²) in [4.78, 5) is 4.62. The van der Waals surface area contributed by atoms with Crippen LogP contribution in [0.5, 0.6) is 0 Å². The van der Waals surface area contributed by atoms with Crippen LogP contribution in [0.2, 0.25) is 0 Å². The van der Waals surface area contributed by atoms with Crippen LogP contribution >= 0.6 is 0 Å². The molecule has 0 aromatic rings. The van der Waals surface area contributed by atoms with Gasteiger partial charge in [0.25, 0.3) is 0 Å². The third-order valence-electron chi connectivity index (χ3n) is 3.47. The largest absolute Gasteiger partial charge is 0.235 e. The van der Waals surface area contributed by atoms with Crippen LogP contribution < -0.4 is 0 Å². The van der Waals surface area contributed by atoms with Crippen molar-refractivity contribution < 1.29 is 0 Å². The van der Waals surface area contributed by atoms with Gasteiger partial charge in [0.1, 0.15) is 0 Å². The molecule has 2 atom stereocenters. The first-order valence-electron chi connectivity index (χ1n) is 7.11. The number of rotatable bonds is 4. The Kier molecular flexibility index (Phi) is 5.80. The van der Waals surface area contributed by atoms with E-state index in [1.807, 2.05) is 12.2 Å². The Hall–Kier alpha value is -1.58. The average molecular weight is 256 g/mol. The SMILES string of the molecule is CCC=C=NC1C(C(C)C)=CC(C#N)=CC1C(C)C. The minimum atomic E-state index is 0.125. The van der Waals surface area contributed by atoms with Crippen molar-refractivity contribution in [1.29, 1.82) is 5.26 Å². The monoisotopic (exact) mass is 256 g/mol. The fourth-order valence-electron chi connectivity index (χ4n) is 2.35. The van der Waals surface area contributed by atoms with Crippen LogP contribution in [0, 0.1) is 29.1 Å². The van der Waals surface area contributed by atoms with Crippen molar-refractivity contribution in [2.45, 2.75) is 47.1 Å². The number of nitriles is 1. The highest BCUT2D eigenvalue weighted by molar-refractivity contribution is 5.53. The fraction of sp³-hybridized carbons (Fsp3) is 0.588. The summed E-state index contributed by atoms with van der Waals surface area (Å²) in [6.07, 6.45) is 6.98. The Labute approximate surface area is 117 Å². The molecule has 1 aliphatic rings. The number of hydrogen-bond acceptors (Lipinski definition) is 2. The normalized spacial score (nSPS) is 22.4. The molecular weight excluding hydrogens is 232 g/mol. The lowest BCUT2D eigenvalue weighted by Crippen LogP contribution is -2.29. The molecule has 0 spiro atoms. The van der Waals surface area contributed by atoms with E-state index >= 15 is 0 Å². The first kappa shape index (κ1) is 15.5. The lowest BCUT2D eigenvalue weighted by atomic mass is 9.76. The molecule has 2 unspecified atom stereocenters.